The molecule has 25 heavy (non-hydrogen) atoms. The number of benzene rings is 1. The third-order valence-electron chi connectivity index (χ3n) is 4.28. The van der Waals surface area contributed by atoms with Gasteiger partial charge in [-0.05, 0) is 37.1 Å². The van der Waals surface area contributed by atoms with E-state index in [0.29, 0.717) is 11.9 Å². The van der Waals surface area contributed by atoms with Crippen LogP contribution in [0.25, 0.3) is 0 Å². The van der Waals surface area contributed by atoms with Crippen molar-refractivity contribution in [2.45, 2.75) is 44.6 Å². The Bertz CT molecular complexity index is 728. The Morgan fingerprint density at radius 1 is 0.960 bits per heavy atom. The van der Waals surface area contributed by atoms with Gasteiger partial charge < -0.3 is 10.6 Å². The van der Waals surface area contributed by atoms with Gasteiger partial charge in [-0.2, -0.15) is 0 Å². The summed E-state index contributed by atoms with van der Waals surface area (Å²) in [6.07, 6.45) is 7.18. The molecular weight excluding hydrogens is 326 g/mol. The number of amides is 1. The van der Waals surface area contributed by atoms with Crippen LogP contribution >= 0.6 is 0 Å². The molecule has 1 heterocycles. The Morgan fingerprint density at radius 2 is 1.72 bits per heavy atom. The summed E-state index contributed by atoms with van der Waals surface area (Å²) in [5, 5.41) is 13.8. The summed E-state index contributed by atoms with van der Waals surface area (Å²) in [4.78, 5) is 12.1. The predicted octanol–water partition coefficient (Wildman–Crippen LogP) is 4.14. The second kappa shape index (κ2) is 8.00. The summed E-state index contributed by atoms with van der Waals surface area (Å²) < 4.78 is 26.1. The van der Waals surface area contributed by atoms with Crippen molar-refractivity contribution in [2.24, 2.45) is 0 Å². The fourth-order valence-electron chi connectivity index (χ4n) is 2.93. The molecule has 1 fully saturated rings. The monoisotopic (exact) mass is 346 g/mol. The topological polar surface area (TPSA) is 66.9 Å². The number of anilines is 2. The van der Waals surface area contributed by atoms with Crippen molar-refractivity contribution in [1.82, 2.24) is 10.2 Å². The minimum Gasteiger partial charge on any atom is -0.366 e. The van der Waals surface area contributed by atoms with Crippen molar-refractivity contribution in [2.75, 3.05) is 10.6 Å². The van der Waals surface area contributed by atoms with Crippen LogP contribution < -0.4 is 10.6 Å². The van der Waals surface area contributed by atoms with E-state index >= 15 is 0 Å². The minimum absolute atomic E-state index is 0.108. The van der Waals surface area contributed by atoms with Crippen LogP contribution in [0.2, 0.25) is 0 Å². The van der Waals surface area contributed by atoms with E-state index in [1.807, 2.05) is 0 Å². The number of nitrogens with zero attached hydrogens (tertiary/aromatic N) is 2. The molecule has 0 bridgehead atoms. The largest absolute Gasteiger partial charge is 0.366 e. The van der Waals surface area contributed by atoms with E-state index in [-0.39, 0.29) is 11.4 Å². The van der Waals surface area contributed by atoms with Crippen LogP contribution in [0.1, 0.15) is 49.0 Å². The lowest BCUT2D eigenvalue weighted by molar-refractivity contribution is 0.102. The van der Waals surface area contributed by atoms with Gasteiger partial charge in [0, 0.05) is 17.8 Å². The first-order valence-corrected chi connectivity index (χ1v) is 8.48. The zero-order valence-corrected chi connectivity index (χ0v) is 13.8. The maximum atomic E-state index is 13.2. The number of rotatable bonds is 4. The maximum Gasteiger partial charge on any atom is 0.276 e. The van der Waals surface area contributed by atoms with Crippen LogP contribution in [0.4, 0.5) is 20.3 Å². The molecule has 0 saturated heterocycles. The lowest BCUT2D eigenvalue weighted by Gasteiger charge is -2.16. The SMILES string of the molecule is O=C(Nc1ccc(F)c(F)c1)c1ccc(NC2CCCCCC2)nn1. The molecule has 1 aromatic heterocycles. The third-order valence-corrected chi connectivity index (χ3v) is 4.28. The zero-order chi connectivity index (χ0) is 17.6. The molecule has 0 unspecified atom stereocenters. The second-order valence-corrected chi connectivity index (χ2v) is 6.22. The Labute approximate surface area is 144 Å². The van der Waals surface area contributed by atoms with E-state index in [1.165, 1.54) is 31.7 Å². The lowest BCUT2D eigenvalue weighted by atomic mass is 10.1. The van der Waals surface area contributed by atoms with Crippen molar-refractivity contribution in [3.8, 4) is 0 Å². The van der Waals surface area contributed by atoms with Crippen LogP contribution in [0, 0.1) is 11.6 Å². The summed E-state index contributed by atoms with van der Waals surface area (Å²) in [5.74, 6) is -1.88. The normalized spacial score (nSPS) is 15.4. The van der Waals surface area contributed by atoms with Crippen molar-refractivity contribution in [3.05, 3.63) is 47.7 Å². The highest BCUT2D eigenvalue weighted by molar-refractivity contribution is 6.02. The van der Waals surface area contributed by atoms with Crippen molar-refractivity contribution < 1.29 is 13.6 Å². The molecule has 1 aliphatic rings. The van der Waals surface area contributed by atoms with E-state index in [0.717, 1.165) is 25.0 Å². The average Bonchev–Trinajstić information content (AvgIpc) is 2.87. The van der Waals surface area contributed by atoms with Crippen LogP contribution in [-0.2, 0) is 0 Å². The molecule has 7 heteroatoms. The average molecular weight is 346 g/mol. The first-order valence-electron chi connectivity index (χ1n) is 8.48. The summed E-state index contributed by atoms with van der Waals surface area (Å²) in [6, 6.07) is 6.81. The van der Waals surface area contributed by atoms with E-state index in [2.05, 4.69) is 20.8 Å². The Hall–Kier alpha value is -2.57. The lowest BCUT2D eigenvalue weighted by Crippen LogP contribution is -2.20. The summed E-state index contributed by atoms with van der Waals surface area (Å²) in [7, 11) is 0. The van der Waals surface area contributed by atoms with Crippen molar-refractivity contribution >= 4 is 17.4 Å². The number of carbonyl (C=O) groups excluding carboxylic acids is 1. The highest BCUT2D eigenvalue weighted by Gasteiger charge is 2.14. The van der Waals surface area contributed by atoms with Gasteiger partial charge in [0.05, 0.1) is 0 Å². The molecule has 0 radical (unpaired) electrons. The first-order chi connectivity index (χ1) is 12.1. The Balaban J connectivity index is 1.60. The van der Waals surface area contributed by atoms with Crippen molar-refractivity contribution in [3.63, 3.8) is 0 Å². The third kappa shape index (κ3) is 4.71. The fourth-order valence-corrected chi connectivity index (χ4v) is 2.93. The van der Waals surface area contributed by atoms with Gasteiger partial charge in [-0.1, -0.05) is 25.7 Å². The molecule has 132 valence electrons. The van der Waals surface area contributed by atoms with E-state index < -0.39 is 17.5 Å². The Kier molecular flexibility index (Phi) is 5.53. The van der Waals surface area contributed by atoms with Crippen molar-refractivity contribution in [1.29, 1.82) is 0 Å². The Morgan fingerprint density at radius 3 is 2.36 bits per heavy atom. The van der Waals surface area contributed by atoms with Crippen LogP contribution in [0.5, 0.6) is 0 Å². The van der Waals surface area contributed by atoms with Gasteiger partial charge in [-0.25, -0.2) is 8.78 Å². The molecule has 5 nitrogen and oxygen atoms in total. The molecule has 2 aromatic rings. The standard InChI is InChI=1S/C18H20F2N4O/c19-14-8-7-13(11-15(14)20)22-18(25)16-9-10-17(24-23-16)21-12-5-3-1-2-4-6-12/h7-12H,1-6H2,(H,21,24)(H,22,25). The van der Waals surface area contributed by atoms with Crippen LogP contribution in [0.15, 0.2) is 30.3 Å². The molecule has 0 atom stereocenters. The molecule has 0 spiro atoms. The fraction of sp³-hybridized carbons (Fsp3) is 0.389. The van der Waals surface area contributed by atoms with Gasteiger partial charge in [0.15, 0.2) is 17.3 Å². The number of hydrogen-bond donors (Lipinski definition) is 2. The van der Waals surface area contributed by atoms with Gasteiger partial charge in [0.1, 0.15) is 5.82 Å². The number of nitrogens with one attached hydrogen (secondary N) is 2. The van der Waals surface area contributed by atoms with E-state index in [4.69, 9.17) is 0 Å². The summed E-state index contributed by atoms with van der Waals surface area (Å²) in [6.45, 7) is 0. The first kappa shape index (κ1) is 17.3. The maximum absolute atomic E-state index is 13.2. The van der Waals surface area contributed by atoms with Gasteiger partial charge in [0.25, 0.3) is 5.91 Å². The minimum atomic E-state index is -1.02. The molecule has 1 saturated carbocycles. The molecule has 0 aliphatic heterocycles. The number of hydrogen-bond acceptors (Lipinski definition) is 4. The van der Waals surface area contributed by atoms with Gasteiger partial charge >= 0.3 is 0 Å². The van der Waals surface area contributed by atoms with Crippen LogP contribution in [0.3, 0.4) is 0 Å². The smallest absolute Gasteiger partial charge is 0.276 e. The zero-order valence-electron chi connectivity index (χ0n) is 13.8. The highest BCUT2D eigenvalue weighted by atomic mass is 19.2. The molecule has 1 amide bonds. The van der Waals surface area contributed by atoms with E-state index in [9.17, 15) is 13.6 Å². The quantitative estimate of drug-likeness (QED) is 0.817. The van der Waals surface area contributed by atoms with Crippen LogP contribution in [-0.4, -0.2) is 22.1 Å². The predicted molar refractivity (Wildman–Crippen MR) is 91.5 cm³/mol. The van der Waals surface area contributed by atoms with Gasteiger partial charge in [-0.15, -0.1) is 10.2 Å². The number of halogens is 2. The highest BCUT2D eigenvalue weighted by Crippen LogP contribution is 2.20. The summed E-state index contributed by atoms with van der Waals surface area (Å²) >= 11 is 0. The molecule has 1 aliphatic carbocycles. The molecule has 3 rings (SSSR count). The van der Waals surface area contributed by atoms with Gasteiger partial charge in [-0.3, -0.25) is 4.79 Å². The summed E-state index contributed by atoms with van der Waals surface area (Å²) in [5.41, 5.74) is 0.266. The molecule has 2 N–H and O–H groups in total. The number of aromatic nitrogens is 2. The van der Waals surface area contributed by atoms with E-state index in [1.54, 1.807) is 12.1 Å². The second-order valence-electron chi connectivity index (χ2n) is 6.22. The molecular formula is C18H20F2N4O. The molecule has 1 aromatic carbocycles. The van der Waals surface area contributed by atoms with Gasteiger partial charge in [0.2, 0.25) is 0 Å². The number of carbonyl (C=O) groups is 1.